The molecule has 1 aliphatic heterocycles. The van der Waals surface area contributed by atoms with E-state index in [0.717, 1.165) is 24.3 Å². The van der Waals surface area contributed by atoms with E-state index in [1.54, 1.807) is 12.3 Å². The van der Waals surface area contributed by atoms with E-state index in [4.69, 9.17) is 5.73 Å². The van der Waals surface area contributed by atoms with E-state index < -0.39 is 0 Å². The Labute approximate surface area is 191 Å². The first-order valence-electron chi connectivity index (χ1n) is 11.2. The molecule has 0 radical (unpaired) electrons. The van der Waals surface area contributed by atoms with Crippen LogP contribution < -0.4 is 16.0 Å². The average molecular weight is 454 g/mol. The van der Waals surface area contributed by atoms with E-state index in [1.807, 2.05) is 26.0 Å². The van der Waals surface area contributed by atoms with Gasteiger partial charge in [0.15, 0.2) is 0 Å². The Bertz CT molecular complexity index is 1170. The molecule has 3 aromatic rings. The van der Waals surface area contributed by atoms with Crippen molar-refractivity contribution in [3.8, 4) is 0 Å². The molecule has 32 heavy (non-hydrogen) atoms. The van der Waals surface area contributed by atoms with Crippen LogP contribution in [-0.4, -0.2) is 35.5 Å². The highest BCUT2D eigenvalue weighted by Gasteiger charge is 2.33. The predicted molar refractivity (Wildman–Crippen MR) is 127 cm³/mol. The van der Waals surface area contributed by atoms with Gasteiger partial charge in [-0.15, -0.1) is 11.3 Å². The first kappa shape index (κ1) is 21.1. The summed E-state index contributed by atoms with van der Waals surface area (Å²) < 4.78 is 15.0. The molecule has 3 N–H and O–H groups in total. The Morgan fingerprint density at radius 1 is 1.34 bits per heavy atom. The van der Waals surface area contributed by atoms with E-state index in [9.17, 15) is 9.18 Å². The molecular weight excluding hydrogens is 425 g/mol. The van der Waals surface area contributed by atoms with Crippen molar-refractivity contribution in [2.75, 3.05) is 30.3 Å². The van der Waals surface area contributed by atoms with Crippen LogP contribution in [0.1, 0.15) is 53.0 Å². The van der Waals surface area contributed by atoms with Crippen LogP contribution in [0, 0.1) is 24.6 Å². The lowest BCUT2D eigenvalue weighted by Crippen LogP contribution is -2.36. The number of fused-ring (bicyclic) bond motifs is 3. The molecule has 1 amide bonds. The molecule has 5 rings (SSSR count). The summed E-state index contributed by atoms with van der Waals surface area (Å²) in [5.41, 5.74) is 9.40. The number of carbonyl (C=O) groups is 1. The summed E-state index contributed by atoms with van der Waals surface area (Å²) in [7, 11) is 0. The first-order chi connectivity index (χ1) is 15.4. The van der Waals surface area contributed by atoms with Gasteiger partial charge >= 0.3 is 0 Å². The fourth-order valence-corrected chi connectivity index (χ4v) is 6.09. The first-order valence-corrected chi connectivity index (χ1v) is 12.0. The number of nitrogen functional groups attached to an aromatic ring is 1. The molecule has 3 atom stereocenters. The number of piperidine rings is 1. The minimum Gasteiger partial charge on any atom is -0.396 e. The molecule has 2 fully saturated rings. The number of nitrogens with one attached hydrogen (secondary N) is 1. The number of hydrogen-bond donors (Lipinski definition) is 2. The summed E-state index contributed by atoms with van der Waals surface area (Å²) in [6.45, 7) is 6.13. The van der Waals surface area contributed by atoms with Gasteiger partial charge in [-0.2, -0.15) is 0 Å². The van der Waals surface area contributed by atoms with Crippen molar-refractivity contribution in [3.05, 3.63) is 46.3 Å². The van der Waals surface area contributed by atoms with Gasteiger partial charge in [0, 0.05) is 25.8 Å². The summed E-state index contributed by atoms with van der Waals surface area (Å²) in [6.07, 6.45) is 5.48. The summed E-state index contributed by atoms with van der Waals surface area (Å²) in [5.74, 6) is 0.949. The van der Waals surface area contributed by atoms with Crippen molar-refractivity contribution in [2.45, 2.75) is 39.0 Å². The largest absolute Gasteiger partial charge is 0.396 e. The molecule has 2 unspecified atom stereocenters. The van der Waals surface area contributed by atoms with Gasteiger partial charge in [0.05, 0.1) is 17.1 Å². The second kappa shape index (κ2) is 8.31. The van der Waals surface area contributed by atoms with Crippen molar-refractivity contribution in [3.63, 3.8) is 0 Å². The highest BCUT2D eigenvalue weighted by Crippen LogP contribution is 2.39. The molecule has 2 aliphatic rings. The van der Waals surface area contributed by atoms with E-state index in [1.165, 1.54) is 30.6 Å². The number of aromatic nitrogens is 2. The fourth-order valence-electron chi connectivity index (χ4n) is 5.07. The van der Waals surface area contributed by atoms with Gasteiger partial charge in [0.2, 0.25) is 0 Å². The lowest BCUT2D eigenvalue weighted by Gasteiger charge is -2.34. The molecular formula is C24H28FN5OS. The van der Waals surface area contributed by atoms with Crippen LogP contribution in [0.3, 0.4) is 0 Å². The van der Waals surface area contributed by atoms with Gasteiger partial charge in [-0.3, -0.25) is 4.79 Å². The van der Waals surface area contributed by atoms with Crippen LogP contribution in [0.15, 0.2) is 24.4 Å². The van der Waals surface area contributed by atoms with Crippen LogP contribution in [-0.2, 0) is 0 Å². The number of hydrogen-bond acceptors (Lipinski definition) is 6. The third kappa shape index (κ3) is 3.92. The zero-order valence-electron chi connectivity index (χ0n) is 18.4. The molecule has 1 saturated heterocycles. The highest BCUT2D eigenvalue weighted by molar-refractivity contribution is 7.21. The monoisotopic (exact) mass is 453 g/mol. The topological polar surface area (TPSA) is 84.1 Å². The Morgan fingerprint density at radius 2 is 2.09 bits per heavy atom. The summed E-state index contributed by atoms with van der Waals surface area (Å²) in [4.78, 5) is 24.7. The quantitative estimate of drug-likeness (QED) is 0.595. The molecule has 3 heterocycles. The zero-order valence-corrected chi connectivity index (χ0v) is 19.2. The summed E-state index contributed by atoms with van der Waals surface area (Å²) >= 11 is 1.24. The van der Waals surface area contributed by atoms with Gasteiger partial charge in [0.25, 0.3) is 5.91 Å². The molecule has 168 valence electrons. The SMILES string of the molecule is Cc1cnc2c(N)c(C(=O)NC[C@@H](C)c3ccc(N4CC5CCC(C5)C4)c(F)c3)sc2n1. The maximum Gasteiger partial charge on any atom is 0.263 e. The molecule has 1 aliphatic carbocycles. The highest BCUT2D eigenvalue weighted by atomic mass is 32.1. The van der Waals surface area contributed by atoms with Crippen LogP contribution in [0.2, 0.25) is 0 Å². The Hall–Kier alpha value is -2.74. The van der Waals surface area contributed by atoms with Crippen LogP contribution in [0.25, 0.3) is 10.3 Å². The lowest BCUT2D eigenvalue weighted by molar-refractivity contribution is 0.0956. The number of thiophene rings is 1. The smallest absolute Gasteiger partial charge is 0.263 e. The third-order valence-electron chi connectivity index (χ3n) is 6.82. The van der Waals surface area contributed by atoms with Gasteiger partial charge in [-0.05, 0) is 61.6 Å². The minimum atomic E-state index is -0.252. The molecule has 0 spiro atoms. The van der Waals surface area contributed by atoms with Crippen molar-refractivity contribution in [2.24, 2.45) is 11.8 Å². The van der Waals surface area contributed by atoms with E-state index >= 15 is 0 Å². The number of nitrogens with two attached hydrogens (primary N) is 1. The van der Waals surface area contributed by atoms with E-state index in [-0.39, 0.29) is 17.6 Å². The molecule has 8 heteroatoms. The van der Waals surface area contributed by atoms with Crippen LogP contribution >= 0.6 is 11.3 Å². The maximum absolute atomic E-state index is 15.0. The van der Waals surface area contributed by atoms with Crippen LogP contribution in [0.5, 0.6) is 0 Å². The predicted octanol–water partition coefficient (Wildman–Crippen LogP) is 4.49. The molecule has 6 nitrogen and oxygen atoms in total. The van der Waals surface area contributed by atoms with Crippen molar-refractivity contribution < 1.29 is 9.18 Å². The Morgan fingerprint density at radius 3 is 2.81 bits per heavy atom. The van der Waals surface area contributed by atoms with Crippen molar-refractivity contribution in [1.29, 1.82) is 0 Å². The second-order valence-electron chi connectivity index (χ2n) is 9.28. The maximum atomic E-state index is 15.0. The third-order valence-corrected chi connectivity index (χ3v) is 7.91. The lowest BCUT2D eigenvalue weighted by atomic mass is 9.96. The standard InChI is InChI=1S/C24H28FN5OS/c1-13(9-28-23(31)22-20(26)21-24(32-22)29-14(2)10-27-21)17-5-6-19(18(25)8-17)30-11-15-3-4-16(7-15)12-30/h5-6,8,10,13,15-16H,3-4,7,9,11-12,26H2,1-2H3,(H,28,31)/t13-,15?,16?/m1/s1. The molecule has 2 aromatic heterocycles. The molecule has 1 aromatic carbocycles. The minimum absolute atomic E-state index is 0.0332. The number of aryl methyl sites for hydroxylation is 1. The fraction of sp³-hybridized carbons (Fsp3) is 0.458. The number of anilines is 2. The number of nitrogens with zero attached hydrogens (tertiary/aromatic N) is 3. The Balaban J connectivity index is 1.25. The average Bonchev–Trinajstić information content (AvgIpc) is 3.29. The summed E-state index contributed by atoms with van der Waals surface area (Å²) in [5, 5.41) is 2.93. The zero-order chi connectivity index (χ0) is 22.4. The van der Waals surface area contributed by atoms with E-state index in [0.29, 0.717) is 45.0 Å². The van der Waals surface area contributed by atoms with Gasteiger partial charge in [-0.25, -0.2) is 14.4 Å². The van der Waals surface area contributed by atoms with Crippen molar-refractivity contribution in [1.82, 2.24) is 15.3 Å². The van der Waals surface area contributed by atoms with Gasteiger partial charge in [-0.1, -0.05) is 13.0 Å². The molecule has 1 saturated carbocycles. The molecule has 2 bridgehead atoms. The van der Waals surface area contributed by atoms with Crippen molar-refractivity contribution >= 4 is 39.0 Å². The number of benzene rings is 1. The van der Waals surface area contributed by atoms with E-state index in [2.05, 4.69) is 20.2 Å². The van der Waals surface area contributed by atoms with Crippen LogP contribution in [0.4, 0.5) is 15.8 Å². The number of amides is 1. The second-order valence-corrected chi connectivity index (χ2v) is 10.3. The number of rotatable bonds is 5. The summed E-state index contributed by atoms with van der Waals surface area (Å²) in [6, 6.07) is 5.50. The number of halogens is 1. The number of carbonyl (C=O) groups excluding carboxylic acids is 1. The van der Waals surface area contributed by atoms with Gasteiger partial charge < -0.3 is 16.0 Å². The normalized spacial score (nSPS) is 21.2. The Kier molecular flexibility index (Phi) is 5.49. The van der Waals surface area contributed by atoms with Gasteiger partial charge in [0.1, 0.15) is 21.0 Å².